The van der Waals surface area contributed by atoms with E-state index in [1.807, 2.05) is 37.6 Å². The summed E-state index contributed by atoms with van der Waals surface area (Å²) in [5, 5.41) is 1.40. The number of fused-ring (bicyclic) bond motifs is 1. The summed E-state index contributed by atoms with van der Waals surface area (Å²) in [5.41, 5.74) is 3.37. The van der Waals surface area contributed by atoms with E-state index in [1.165, 1.54) is 11.5 Å². The third-order valence-corrected chi connectivity index (χ3v) is 4.82. The fraction of sp³-hybridized carbons (Fsp3) is 0.250. The predicted molar refractivity (Wildman–Crippen MR) is 88.6 cm³/mol. The van der Waals surface area contributed by atoms with E-state index in [9.17, 15) is 4.79 Å². The van der Waals surface area contributed by atoms with Gasteiger partial charge in [0.1, 0.15) is 6.61 Å². The molecule has 2 heterocycles. The van der Waals surface area contributed by atoms with Crippen molar-refractivity contribution in [3.63, 3.8) is 0 Å². The second-order valence-corrected chi connectivity index (χ2v) is 6.61. The fourth-order valence-electron chi connectivity index (χ4n) is 2.45. The molecule has 4 nitrogen and oxygen atoms in total. The predicted octanol–water partition coefficient (Wildman–Crippen LogP) is 4.26. The Bertz CT molecular complexity index is 847. The minimum atomic E-state index is -0.349. The largest absolute Gasteiger partial charge is 0.457 e. The minimum absolute atomic E-state index is 0.240. The molecule has 3 rings (SSSR count). The molecule has 3 aromatic rings. The van der Waals surface area contributed by atoms with Crippen molar-refractivity contribution in [2.75, 3.05) is 0 Å². The molecule has 6 heteroatoms. The molecule has 0 unspecified atom stereocenters. The molecular weight excluding hydrogens is 320 g/mol. The van der Waals surface area contributed by atoms with E-state index in [0.29, 0.717) is 10.6 Å². The molecule has 114 valence electrons. The number of carbonyl (C=O) groups is 1. The number of esters is 1. The van der Waals surface area contributed by atoms with E-state index in [-0.39, 0.29) is 12.6 Å². The number of hydrogen-bond acceptors (Lipinski definition) is 4. The van der Waals surface area contributed by atoms with Crippen LogP contribution in [0.5, 0.6) is 0 Å². The van der Waals surface area contributed by atoms with E-state index in [1.54, 1.807) is 12.3 Å². The first-order valence-electron chi connectivity index (χ1n) is 6.81. The highest BCUT2D eigenvalue weighted by molar-refractivity contribution is 7.05. The van der Waals surface area contributed by atoms with Crippen LogP contribution in [0.2, 0.25) is 5.02 Å². The Balaban J connectivity index is 1.88. The fourth-order valence-corrected chi connectivity index (χ4v) is 3.32. The first-order valence-corrected chi connectivity index (χ1v) is 7.96. The van der Waals surface area contributed by atoms with Crippen LogP contribution in [0, 0.1) is 13.8 Å². The van der Waals surface area contributed by atoms with Crippen LogP contribution >= 0.6 is 23.1 Å². The van der Waals surface area contributed by atoms with Crippen molar-refractivity contribution in [3.8, 4) is 0 Å². The molecule has 0 amide bonds. The SMILES string of the molecule is Cc1nsc(C)c1COC(=O)c1cn(C)c2ccc(Cl)cc12. The van der Waals surface area contributed by atoms with Gasteiger partial charge in [-0.1, -0.05) is 11.6 Å². The standard InChI is InChI=1S/C16H15ClN2O2S/c1-9-14(10(2)22-18-9)8-21-16(20)13-7-19(3)15-5-4-11(17)6-12(13)15/h4-7H,8H2,1-3H3. The smallest absolute Gasteiger partial charge is 0.340 e. The third-order valence-electron chi connectivity index (χ3n) is 3.70. The van der Waals surface area contributed by atoms with Crippen LogP contribution in [0.25, 0.3) is 10.9 Å². The van der Waals surface area contributed by atoms with Crippen molar-refractivity contribution in [3.05, 3.63) is 51.1 Å². The first-order chi connectivity index (χ1) is 10.5. The van der Waals surface area contributed by atoms with Gasteiger partial charge >= 0.3 is 5.97 Å². The lowest BCUT2D eigenvalue weighted by atomic mass is 10.2. The zero-order chi connectivity index (χ0) is 15.9. The maximum atomic E-state index is 12.4. The maximum absolute atomic E-state index is 12.4. The van der Waals surface area contributed by atoms with Gasteiger partial charge in [-0.25, -0.2) is 4.79 Å². The number of benzene rings is 1. The Morgan fingerprint density at radius 1 is 1.41 bits per heavy atom. The van der Waals surface area contributed by atoms with Gasteiger partial charge < -0.3 is 9.30 Å². The highest BCUT2D eigenvalue weighted by Crippen LogP contribution is 2.26. The Morgan fingerprint density at radius 3 is 2.86 bits per heavy atom. The lowest BCUT2D eigenvalue weighted by molar-refractivity contribution is 0.0474. The van der Waals surface area contributed by atoms with Gasteiger partial charge in [0.15, 0.2) is 0 Å². The Hall–Kier alpha value is -1.85. The van der Waals surface area contributed by atoms with Gasteiger partial charge in [0, 0.05) is 39.6 Å². The Labute approximate surface area is 137 Å². The molecule has 0 aliphatic carbocycles. The van der Waals surface area contributed by atoms with Crippen molar-refractivity contribution < 1.29 is 9.53 Å². The van der Waals surface area contributed by atoms with Crippen molar-refractivity contribution in [1.29, 1.82) is 0 Å². The van der Waals surface area contributed by atoms with E-state index in [2.05, 4.69) is 4.37 Å². The van der Waals surface area contributed by atoms with Crippen molar-refractivity contribution in [1.82, 2.24) is 8.94 Å². The minimum Gasteiger partial charge on any atom is -0.457 e. The molecule has 0 saturated heterocycles. The molecular formula is C16H15ClN2O2S. The summed E-state index contributed by atoms with van der Waals surface area (Å²) in [6.07, 6.45) is 1.77. The number of rotatable bonds is 3. The van der Waals surface area contributed by atoms with Gasteiger partial charge in [0.2, 0.25) is 0 Å². The summed E-state index contributed by atoms with van der Waals surface area (Å²) >= 11 is 7.46. The molecule has 0 aliphatic heterocycles. The molecule has 22 heavy (non-hydrogen) atoms. The van der Waals surface area contributed by atoms with Crippen LogP contribution in [0.3, 0.4) is 0 Å². The molecule has 1 aromatic carbocycles. The van der Waals surface area contributed by atoms with Crippen LogP contribution in [-0.4, -0.2) is 14.9 Å². The maximum Gasteiger partial charge on any atom is 0.340 e. The van der Waals surface area contributed by atoms with Crippen LogP contribution in [-0.2, 0) is 18.4 Å². The number of aryl methyl sites for hydroxylation is 3. The van der Waals surface area contributed by atoms with Crippen molar-refractivity contribution in [2.45, 2.75) is 20.5 Å². The number of ether oxygens (including phenoxy) is 1. The van der Waals surface area contributed by atoms with Crippen LogP contribution < -0.4 is 0 Å². The topological polar surface area (TPSA) is 44.1 Å². The summed E-state index contributed by atoms with van der Waals surface area (Å²) in [5.74, 6) is -0.349. The molecule has 0 fully saturated rings. The quantitative estimate of drug-likeness (QED) is 0.672. The highest BCUT2D eigenvalue weighted by Gasteiger charge is 2.17. The lowest BCUT2D eigenvalue weighted by Gasteiger charge is -2.04. The van der Waals surface area contributed by atoms with Gasteiger partial charge in [-0.15, -0.1) is 0 Å². The zero-order valence-corrected chi connectivity index (χ0v) is 14.1. The monoisotopic (exact) mass is 334 g/mol. The van der Waals surface area contributed by atoms with Gasteiger partial charge in [-0.2, -0.15) is 4.37 Å². The zero-order valence-electron chi connectivity index (χ0n) is 12.5. The van der Waals surface area contributed by atoms with Crippen LogP contribution in [0.15, 0.2) is 24.4 Å². The third kappa shape index (κ3) is 2.62. The number of hydrogen-bond donors (Lipinski definition) is 0. The molecule has 2 aromatic heterocycles. The first kappa shape index (κ1) is 15.1. The van der Waals surface area contributed by atoms with Gasteiger partial charge in [-0.05, 0) is 43.6 Å². The van der Waals surface area contributed by atoms with Gasteiger partial charge in [0.25, 0.3) is 0 Å². The van der Waals surface area contributed by atoms with E-state index < -0.39 is 0 Å². The second kappa shape index (κ2) is 5.74. The van der Waals surface area contributed by atoms with Crippen molar-refractivity contribution in [2.24, 2.45) is 7.05 Å². The second-order valence-electron chi connectivity index (χ2n) is 5.19. The number of carbonyl (C=O) groups excluding carboxylic acids is 1. The highest BCUT2D eigenvalue weighted by atomic mass is 35.5. The normalized spacial score (nSPS) is 11.1. The summed E-state index contributed by atoms with van der Waals surface area (Å²) in [7, 11) is 1.89. The average Bonchev–Trinajstić information content (AvgIpc) is 2.97. The molecule has 0 bridgehead atoms. The summed E-state index contributed by atoms with van der Waals surface area (Å²) in [4.78, 5) is 13.5. The molecule has 0 spiro atoms. The number of aromatic nitrogens is 2. The van der Waals surface area contributed by atoms with Gasteiger partial charge in [0.05, 0.1) is 11.3 Å². The summed E-state index contributed by atoms with van der Waals surface area (Å²) < 4.78 is 11.6. The van der Waals surface area contributed by atoms with Crippen LogP contribution in [0.1, 0.15) is 26.5 Å². The Morgan fingerprint density at radius 2 is 2.18 bits per heavy atom. The van der Waals surface area contributed by atoms with E-state index >= 15 is 0 Å². The number of nitrogens with zero attached hydrogens (tertiary/aromatic N) is 2. The molecule has 0 radical (unpaired) electrons. The van der Waals surface area contributed by atoms with Gasteiger partial charge in [-0.3, -0.25) is 0 Å². The molecule has 0 aliphatic rings. The van der Waals surface area contributed by atoms with Crippen molar-refractivity contribution >= 4 is 40.0 Å². The molecule has 0 atom stereocenters. The summed E-state index contributed by atoms with van der Waals surface area (Å²) in [6.45, 7) is 4.14. The van der Waals surface area contributed by atoms with E-state index in [0.717, 1.165) is 27.0 Å². The lowest BCUT2D eigenvalue weighted by Crippen LogP contribution is -2.05. The van der Waals surface area contributed by atoms with E-state index in [4.69, 9.17) is 16.3 Å². The number of halogens is 1. The van der Waals surface area contributed by atoms with Crippen LogP contribution in [0.4, 0.5) is 0 Å². The molecule has 0 N–H and O–H groups in total. The average molecular weight is 335 g/mol. The summed E-state index contributed by atoms with van der Waals surface area (Å²) in [6, 6.07) is 5.49. The Kier molecular flexibility index (Phi) is 3.93. The molecule has 0 saturated carbocycles.